The summed E-state index contributed by atoms with van der Waals surface area (Å²) in [6, 6.07) is 8.51. The fourth-order valence-corrected chi connectivity index (χ4v) is 3.03. The van der Waals surface area contributed by atoms with Gasteiger partial charge in [0.2, 0.25) is 0 Å². The predicted octanol–water partition coefficient (Wildman–Crippen LogP) is 2.34. The van der Waals surface area contributed by atoms with Crippen LogP contribution < -0.4 is 5.73 Å². The van der Waals surface area contributed by atoms with Crippen molar-refractivity contribution >= 4 is 11.9 Å². The summed E-state index contributed by atoms with van der Waals surface area (Å²) in [6.07, 6.45) is 5.01. The molecule has 1 fully saturated rings. The molecule has 120 valence electrons. The molecule has 0 amide bonds. The third kappa shape index (κ3) is 4.31. The second-order valence-electron chi connectivity index (χ2n) is 5.88. The summed E-state index contributed by atoms with van der Waals surface area (Å²) in [7, 11) is 0. The van der Waals surface area contributed by atoms with Crippen molar-refractivity contribution in [2.75, 3.05) is 0 Å². The normalized spacial score (nSPS) is 18.4. The van der Waals surface area contributed by atoms with Gasteiger partial charge in [-0.25, -0.2) is 0 Å². The molecule has 5 heteroatoms. The van der Waals surface area contributed by atoms with Gasteiger partial charge in [0.05, 0.1) is 0 Å². The predicted molar refractivity (Wildman–Crippen MR) is 81.9 cm³/mol. The SMILES string of the molecule is NC(C1CCCCC1)C(C(=O)O)C(=O)OCc1ccccc1. The summed E-state index contributed by atoms with van der Waals surface area (Å²) >= 11 is 0. The van der Waals surface area contributed by atoms with E-state index in [2.05, 4.69) is 0 Å². The summed E-state index contributed by atoms with van der Waals surface area (Å²) in [6.45, 7) is 0.0703. The number of esters is 1. The average Bonchev–Trinajstić information content (AvgIpc) is 2.54. The zero-order valence-electron chi connectivity index (χ0n) is 12.6. The van der Waals surface area contributed by atoms with E-state index in [1.807, 2.05) is 30.3 Å². The van der Waals surface area contributed by atoms with Gasteiger partial charge in [0.15, 0.2) is 5.92 Å². The first kappa shape index (κ1) is 16.5. The zero-order valence-corrected chi connectivity index (χ0v) is 12.6. The lowest BCUT2D eigenvalue weighted by Gasteiger charge is -2.30. The third-order valence-electron chi connectivity index (χ3n) is 4.32. The minimum absolute atomic E-state index is 0.0703. The molecule has 1 saturated carbocycles. The monoisotopic (exact) mass is 305 g/mol. The van der Waals surface area contributed by atoms with Gasteiger partial charge >= 0.3 is 11.9 Å². The summed E-state index contributed by atoms with van der Waals surface area (Å²) in [4.78, 5) is 23.6. The topological polar surface area (TPSA) is 89.6 Å². The molecular formula is C17H23NO4. The number of hydrogen-bond acceptors (Lipinski definition) is 4. The van der Waals surface area contributed by atoms with Crippen LogP contribution in [0.25, 0.3) is 0 Å². The number of nitrogens with two attached hydrogens (primary N) is 1. The Morgan fingerprint density at radius 2 is 1.82 bits per heavy atom. The summed E-state index contributed by atoms with van der Waals surface area (Å²) in [5.41, 5.74) is 6.91. The van der Waals surface area contributed by atoms with E-state index >= 15 is 0 Å². The maximum atomic E-state index is 12.2. The molecule has 0 bridgehead atoms. The molecule has 0 aromatic heterocycles. The maximum absolute atomic E-state index is 12.2. The van der Waals surface area contributed by atoms with Crippen LogP contribution in [-0.4, -0.2) is 23.1 Å². The Bertz CT molecular complexity index is 497. The largest absolute Gasteiger partial charge is 0.481 e. The molecule has 1 aromatic rings. The highest BCUT2D eigenvalue weighted by molar-refractivity contribution is 5.94. The molecule has 22 heavy (non-hydrogen) atoms. The molecular weight excluding hydrogens is 282 g/mol. The van der Waals surface area contributed by atoms with Gasteiger partial charge in [0.1, 0.15) is 6.61 Å². The van der Waals surface area contributed by atoms with Gasteiger partial charge in [-0.15, -0.1) is 0 Å². The third-order valence-corrected chi connectivity index (χ3v) is 4.32. The van der Waals surface area contributed by atoms with Crippen LogP contribution >= 0.6 is 0 Å². The van der Waals surface area contributed by atoms with Gasteiger partial charge in [-0.3, -0.25) is 9.59 Å². The second kappa shape index (κ2) is 7.94. The van der Waals surface area contributed by atoms with E-state index in [1.165, 1.54) is 0 Å². The van der Waals surface area contributed by atoms with Crippen LogP contribution in [0.5, 0.6) is 0 Å². The van der Waals surface area contributed by atoms with Gasteiger partial charge in [0.25, 0.3) is 0 Å². The lowest BCUT2D eigenvalue weighted by atomic mass is 9.79. The van der Waals surface area contributed by atoms with E-state index in [0.717, 1.165) is 37.7 Å². The quantitative estimate of drug-likeness (QED) is 0.622. The molecule has 1 aromatic carbocycles. The molecule has 2 unspecified atom stereocenters. The van der Waals surface area contributed by atoms with Crippen molar-refractivity contribution in [3.05, 3.63) is 35.9 Å². The van der Waals surface area contributed by atoms with Crippen LogP contribution in [0.4, 0.5) is 0 Å². The van der Waals surface area contributed by atoms with E-state index in [-0.39, 0.29) is 12.5 Å². The minimum atomic E-state index is -1.29. The average molecular weight is 305 g/mol. The Kier molecular flexibility index (Phi) is 5.95. The van der Waals surface area contributed by atoms with Crippen molar-refractivity contribution in [3.8, 4) is 0 Å². The van der Waals surface area contributed by atoms with Crippen molar-refractivity contribution in [3.63, 3.8) is 0 Å². The Labute approximate surface area is 130 Å². The number of benzene rings is 1. The molecule has 0 saturated heterocycles. The minimum Gasteiger partial charge on any atom is -0.481 e. The number of ether oxygens (including phenoxy) is 1. The Balaban J connectivity index is 1.97. The molecule has 2 atom stereocenters. The number of hydrogen-bond donors (Lipinski definition) is 2. The van der Waals surface area contributed by atoms with Crippen LogP contribution in [0.3, 0.4) is 0 Å². The second-order valence-corrected chi connectivity index (χ2v) is 5.88. The van der Waals surface area contributed by atoms with Crippen LogP contribution in [0, 0.1) is 11.8 Å². The smallest absolute Gasteiger partial charge is 0.322 e. The van der Waals surface area contributed by atoms with Crippen molar-refractivity contribution in [2.24, 2.45) is 17.6 Å². The van der Waals surface area contributed by atoms with E-state index in [1.54, 1.807) is 0 Å². The Morgan fingerprint density at radius 3 is 2.41 bits per heavy atom. The summed E-state index contributed by atoms with van der Waals surface area (Å²) in [5, 5.41) is 9.36. The molecule has 3 N–H and O–H groups in total. The van der Waals surface area contributed by atoms with E-state index in [0.29, 0.717) is 0 Å². The van der Waals surface area contributed by atoms with Gasteiger partial charge in [-0.05, 0) is 24.3 Å². The first-order chi connectivity index (χ1) is 10.6. The van der Waals surface area contributed by atoms with Gasteiger partial charge in [-0.1, -0.05) is 49.6 Å². The van der Waals surface area contributed by atoms with Crippen LogP contribution in [-0.2, 0) is 20.9 Å². The molecule has 0 aliphatic heterocycles. The Morgan fingerprint density at radius 1 is 1.18 bits per heavy atom. The van der Waals surface area contributed by atoms with E-state index in [9.17, 15) is 14.7 Å². The molecule has 0 radical (unpaired) electrons. The summed E-state index contributed by atoms with van der Waals surface area (Å²) in [5.74, 6) is -3.14. The van der Waals surface area contributed by atoms with Crippen LogP contribution in [0.2, 0.25) is 0 Å². The number of carbonyl (C=O) groups excluding carboxylic acids is 1. The van der Waals surface area contributed by atoms with E-state index < -0.39 is 23.9 Å². The van der Waals surface area contributed by atoms with Crippen molar-refractivity contribution < 1.29 is 19.4 Å². The van der Waals surface area contributed by atoms with Crippen LogP contribution in [0.15, 0.2) is 30.3 Å². The van der Waals surface area contributed by atoms with Gasteiger partial charge in [-0.2, -0.15) is 0 Å². The van der Waals surface area contributed by atoms with Crippen molar-refractivity contribution in [1.29, 1.82) is 0 Å². The first-order valence-corrected chi connectivity index (χ1v) is 7.78. The number of rotatable bonds is 6. The lowest BCUT2D eigenvalue weighted by molar-refractivity contribution is -0.161. The molecule has 2 rings (SSSR count). The Hall–Kier alpha value is -1.88. The molecule has 0 spiro atoms. The molecule has 0 heterocycles. The number of carboxylic acid groups (broad SMARTS) is 1. The summed E-state index contributed by atoms with van der Waals surface area (Å²) < 4.78 is 5.16. The lowest BCUT2D eigenvalue weighted by Crippen LogP contribution is -2.46. The highest BCUT2D eigenvalue weighted by Gasteiger charge is 2.38. The zero-order chi connectivity index (χ0) is 15.9. The van der Waals surface area contributed by atoms with Crippen molar-refractivity contribution in [2.45, 2.75) is 44.8 Å². The molecule has 5 nitrogen and oxygen atoms in total. The fourth-order valence-electron chi connectivity index (χ4n) is 3.03. The number of carbonyl (C=O) groups is 2. The highest BCUT2D eigenvalue weighted by Crippen LogP contribution is 2.29. The van der Waals surface area contributed by atoms with Gasteiger partial charge in [0, 0.05) is 6.04 Å². The van der Waals surface area contributed by atoms with Gasteiger partial charge < -0.3 is 15.6 Å². The number of carboxylic acids is 1. The van der Waals surface area contributed by atoms with Crippen LogP contribution in [0.1, 0.15) is 37.7 Å². The number of aliphatic carboxylic acids is 1. The molecule has 1 aliphatic rings. The first-order valence-electron chi connectivity index (χ1n) is 7.78. The van der Waals surface area contributed by atoms with E-state index in [4.69, 9.17) is 10.5 Å². The molecule has 1 aliphatic carbocycles. The fraction of sp³-hybridized carbons (Fsp3) is 0.529. The van der Waals surface area contributed by atoms with Crippen molar-refractivity contribution in [1.82, 2.24) is 0 Å². The standard InChI is InChI=1S/C17H23NO4/c18-15(13-9-5-2-6-10-13)14(16(19)20)17(21)22-11-12-7-3-1-4-8-12/h1,3-4,7-8,13-15H,2,5-6,9-11,18H2,(H,19,20). The maximum Gasteiger partial charge on any atom is 0.322 e. The highest BCUT2D eigenvalue weighted by atomic mass is 16.5.